The quantitative estimate of drug-likeness (QED) is 0.744. The number of halogens is 4. The molecule has 2 aromatic carbocycles. The number of benzene rings is 2. The molecule has 0 saturated heterocycles. The molecular weight excluding hydrogens is 357 g/mol. The van der Waals surface area contributed by atoms with E-state index in [9.17, 15) is 18.0 Å². The van der Waals surface area contributed by atoms with Crippen LogP contribution in [0.1, 0.15) is 11.1 Å². The minimum atomic E-state index is -4.52. The summed E-state index contributed by atoms with van der Waals surface area (Å²) in [6, 6.07) is 9.35. The van der Waals surface area contributed by atoms with Crippen molar-refractivity contribution in [3.05, 3.63) is 69.1 Å². The third kappa shape index (κ3) is 3.45. The summed E-state index contributed by atoms with van der Waals surface area (Å²) in [5, 5.41) is 4.40. The van der Waals surface area contributed by atoms with Gasteiger partial charge in [0.15, 0.2) is 5.82 Å². The van der Waals surface area contributed by atoms with E-state index in [-0.39, 0.29) is 18.1 Å². The summed E-state index contributed by atoms with van der Waals surface area (Å²) in [5.41, 5.74) is 5.24. The molecule has 0 amide bonds. The first-order valence-electron chi connectivity index (χ1n) is 7.15. The van der Waals surface area contributed by atoms with Crippen LogP contribution in [0.4, 0.5) is 13.2 Å². The Kier molecular flexibility index (Phi) is 4.40. The van der Waals surface area contributed by atoms with Crippen molar-refractivity contribution < 1.29 is 13.2 Å². The molecule has 9 heteroatoms. The van der Waals surface area contributed by atoms with Gasteiger partial charge in [-0.15, -0.1) is 5.10 Å². The molecule has 3 N–H and O–H groups in total. The lowest BCUT2D eigenvalue weighted by Gasteiger charge is -2.08. The third-order valence-electron chi connectivity index (χ3n) is 3.56. The molecule has 0 unspecified atom stereocenters. The average molecular weight is 369 g/mol. The van der Waals surface area contributed by atoms with Crippen LogP contribution >= 0.6 is 11.6 Å². The van der Waals surface area contributed by atoms with Gasteiger partial charge in [0.2, 0.25) is 0 Å². The van der Waals surface area contributed by atoms with Gasteiger partial charge in [-0.25, -0.2) is 4.79 Å². The van der Waals surface area contributed by atoms with E-state index in [1.165, 1.54) is 12.1 Å². The number of nitrogens with two attached hydrogens (primary N) is 1. The molecule has 5 nitrogen and oxygen atoms in total. The normalized spacial score (nSPS) is 11.7. The van der Waals surface area contributed by atoms with Crippen LogP contribution < -0.4 is 11.4 Å². The highest BCUT2D eigenvalue weighted by atomic mass is 35.5. The van der Waals surface area contributed by atoms with E-state index in [1.54, 1.807) is 18.2 Å². The highest BCUT2D eigenvalue weighted by Gasteiger charge is 2.30. The zero-order valence-corrected chi connectivity index (χ0v) is 13.4. The van der Waals surface area contributed by atoms with Gasteiger partial charge in [0.1, 0.15) is 0 Å². The van der Waals surface area contributed by atoms with E-state index in [2.05, 4.69) is 10.1 Å². The van der Waals surface area contributed by atoms with Crippen LogP contribution in [0.3, 0.4) is 0 Å². The molecule has 0 fully saturated rings. The van der Waals surface area contributed by atoms with E-state index in [4.69, 9.17) is 17.3 Å². The van der Waals surface area contributed by atoms with Gasteiger partial charge in [-0.2, -0.15) is 17.9 Å². The van der Waals surface area contributed by atoms with Crippen molar-refractivity contribution in [3.63, 3.8) is 0 Å². The molecule has 0 radical (unpaired) electrons. The van der Waals surface area contributed by atoms with Crippen molar-refractivity contribution in [2.24, 2.45) is 5.73 Å². The SMILES string of the molecule is NCc1ccc(Cl)c(-c2nn(-c3cccc(C(F)(F)F)c3)c(=O)[nH]2)c1. The van der Waals surface area contributed by atoms with Crippen molar-refractivity contribution >= 4 is 11.6 Å². The zero-order valence-electron chi connectivity index (χ0n) is 12.6. The number of hydrogen-bond acceptors (Lipinski definition) is 3. The van der Waals surface area contributed by atoms with Crippen LogP contribution in [-0.4, -0.2) is 14.8 Å². The largest absolute Gasteiger partial charge is 0.416 e. The van der Waals surface area contributed by atoms with Gasteiger partial charge in [0.05, 0.1) is 16.3 Å². The second-order valence-corrected chi connectivity index (χ2v) is 5.66. The molecule has 1 heterocycles. The number of nitrogens with one attached hydrogen (secondary N) is 1. The molecule has 130 valence electrons. The summed E-state index contributed by atoms with van der Waals surface area (Å²) in [5.74, 6) is 0.141. The summed E-state index contributed by atoms with van der Waals surface area (Å²) in [6.45, 7) is 0.267. The number of hydrogen-bond donors (Lipinski definition) is 2. The van der Waals surface area contributed by atoms with Crippen molar-refractivity contribution in [3.8, 4) is 17.1 Å². The molecule has 0 aliphatic carbocycles. The van der Waals surface area contributed by atoms with Gasteiger partial charge in [-0.05, 0) is 35.9 Å². The van der Waals surface area contributed by atoms with Crippen LogP contribution in [-0.2, 0) is 12.7 Å². The van der Waals surface area contributed by atoms with Crippen molar-refractivity contribution in [1.82, 2.24) is 14.8 Å². The van der Waals surface area contributed by atoms with Gasteiger partial charge in [0, 0.05) is 12.1 Å². The lowest BCUT2D eigenvalue weighted by Crippen LogP contribution is -2.16. The van der Waals surface area contributed by atoms with E-state index >= 15 is 0 Å². The van der Waals surface area contributed by atoms with E-state index in [0.717, 1.165) is 22.4 Å². The molecule has 3 rings (SSSR count). The van der Waals surface area contributed by atoms with Gasteiger partial charge in [-0.3, -0.25) is 4.98 Å². The highest BCUT2D eigenvalue weighted by molar-refractivity contribution is 6.33. The van der Waals surface area contributed by atoms with Crippen LogP contribution in [0.5, 0.6) is 0 Å². The number of alkyl halides is 3. The summed E-state index contributed by atoms with van der Waals surface area (Å²) in [6.07, 6.45) is -4.52. The highest BCUT2D eigenvalue weighted by Crippen LogP contribution is 2.30. The fourth-order valence-corrected chi connectivity index (χ4v) is 2.52. The number of aromatic nitrogens is 3. The number of rotatable bonds is 3. The average Bonchev–Trinajstić information content (AvgIpc) is 2.96. The first kappa shape index (κ1) is 17.2. The Morgan fingerprint density at radius 1 is 1.20 bits per heavy atom. The van der Waals surface area contributed by atoms with Gasteiger partial charge in [0.25, 0.3) is 0 Å². The van der Waals surface area contributed by atoms with E-state index in [1.807, 2.05) is 0 Å². The molecule has 0 spiro atoms. The smallest absolute Gasteiger partial charge is 0.326 e. The predicted octanol–water partition coefficient (Wildman–Crippen LogP) is 3.36. The monoisotopic (exact) mass is 368 g/mol. The van der Waals surface area contributed by atoms with Gasteiger partial charge in [-0.1, -0.05) is 23.7 Å². The fourth-order valence-electron chi connectivity index (χ4n) is 2.32. The predicted molar refractivity (Wildman–Crippen MR) is 87.5 cm³/mol. The maximum Gasteiger partial charge on any atom is 0.416 e. The maximum absolute atomic E-state index is 12.8. The number of nitrogens with zero attached hydrogens (tertiary/aromatic N) is 2. The van der Waals surface area contributed by atoms with E-state index < -0.39 is 17.4 Å². The van der Waals surface area contributed by atoms with E-state index in [0.29, 0.717) is 10.6 Å². The standard InChI is InChI=1S/C16H12ClF3N4O/c17-13-5-4-9(8-21)6-12(13)14-22-15(25)24(23-14)11-3-1-2-10(7-11)16(18,19)20/h1-7H,8,21H2,(H,22,23,25). The number of aromatic amines is 1. The van der Waals surface area contributed by atoms with Gasteiger partial charge < -0.3 is 5.73 Å². The minimum Gasteiger partial charge on any atom is -0.326 e. The first-order chi connectivity index (χ1) is 11.8. The Hall–Kier alpha value is -2.58. The summed E-state index contributed by atoms with van der Waals surface area (Å²) in [7, 11) is 0. The second kappa shape index (κ2) is 6.38. The zero-order chi connectivity index (χ0) is 18.2. The molecular formula is C16H12ClF3N4O. The number of H-pyrrole nitrogens is 1. The van der Waals surface area contributed by atoms with Crippen LogP contribution in [0, 0.1) is 0 Å². The van der Waals surface area contributed by atoms with Crippen LogP contribution in [0.15, 0.2) is 47.3 Å². The Bertz CT molecular complexity index is 978. The molecule has 0 aliphatic heterocycles. The Balaban J connectivity index is 2.09. The van der Waals surface area contributed by atoms with Crippen molar-refractivity contribution in [2.75, 3.05) is 0 Å². The summed E-state index contributed by atoms with van der Waals surface area (Å²) in [4.78, 5) is 14.6. The topological polar surface area (TPSA) is 76.7 Å². The molecule has 0 aliphatic rings. The Morgan fingerprint density at radius 3 is 2.64 bits per heavy atom. The lowest BCUT2D eigenvalue weighted by atomic mass is 10.1. The van der Waals surface area contributed by atoms with Crippen molar-refractivity contribution in [1.29, 1.82) is 0 Å². The Morgan fingerprint density at radius 2 is 1.96 bits per heavy atom. The fraction of sp³-hybridized carbons (Fsp3) is 0.125. The van der Waals surface area contributed by atoms with Crippen LogP contribution in [0.2, 0.25) is 5.02 Å². The molecule has 1 aromatic heterocycles. The second-order valence-electron chi connectivity index (χ2n) is 5.26. The molecule has 3 aromatic rings. The van der Waals surface area contributed by atoms with Crippen LogP contribution in [0.25, 0.3) is 17.1 Å². The molecule has 0 saturated carbocycles. The third-order valence-corrected chi connectivity index (χ3v) is 3.89. The lowest BCUT2D eigenvalue weighted by molar-refractivity contribution is -0.137. The summed E-state index contributed by atoms with van der Waals surface area (Å²) >= 11 is 6.12. The molecule has 0 bridgehead atoms. The maximum atomic E-state index is 12.8. The molecule has 25 heavy (non-hydrogen) atoms. The minimum absolute atomic E-state index is 0.00609. The Labute approximate surface area is 144 Å². The molecule has 0 atom stereocenters. The summed E-state index contributed by atoms with van der Waals surface area (Å²) < 4.78 is 39.4. The van der Waals surface area contributed by atoms with Crippen molar-refractivity contribution in [2.45, 2.75) is 12.7 Å². The van der Waals surface area contributed by atoms with Gasteiger partial charge >= 0.3 is 11.9 Å². The first-order valence-corrected chi connectivity index (χ1v) is 7.53.